The molecule has 1 aromatic rings. The van der Waals surface area contributed by atoms with Gasteiger partial charge in [0.1, 0.15) is 18.0 Å². The molecule has 8 nitrogen and oxygen atoms in total. The number of amides is 1. The Morgan fingerprint density at radius 2 is 2.19 bits per heavy atom. The first-order valence-corrected chi connectivity index (χ1v) is 9.59. The second-order valence-corrected chi connectivity index (χ2v) is 7.95. The first kappa shape index (κ1) is 20.7. The summed E-state index contributed by atoms with van der Waals surface area (Å²) in [5.41, 5.74) is 0.457. The van der Waals surface area contributed by atoms with Crippen LogP contribution in [0.25, 0.3) is 6.08 Å². The predicted molar refractivity (Wildman–Crippen MR) is 102 cm³/mol. The van der Waals surface area contributed by atoms with Crippen molar-refractivity contribution in [3.8, 4) is 5.75 Å². The second kappa shape index (κ2) is 7.97. The van der Waals surface area contributed by atoms with Crippen LogP contribution in [-0.4, -0.2) is 58.1 Å². The van der Waals surface area contributed by atoms with Gasteiger partial charge in [-0.2, -0.15) is 8.42 Å². The van der Waals surface area contributed by atoms with Crippen LogP contribution in [0.5, 0.6) is 5.75 Å². The number of benzene rings is 1. The number of aryl methyl sites for hydroxylation is 1. The van der Waals surface area contributed by atoms with E-state index >= 15 is 4.39 Å². The summed E-state index contributed by atoms with van der Waals surface area (Å²) >= 11 is 0. The van der Waals surface area contributed by atoms with Crippen molar-refractivity contribution in [3.05, 3.63) is 41.4 Å². The number of allylic oxidation sites excluding steroid dienone is 1. The third-order valence-electron chi connectivity index (χ3n) is 3.94. The fraction of sp³-hybridized carbons (Fsp3) is 0.353. The summed E-state index contributed by atoms with van der Waals surface area (Å²) in [6.45, 7) is 6.00. The van der Waals surface area contributed by atoms with Gasteiger partial charge in [0.15, 0.2) is 5.82 Å². The summed E-state index contributed by atoms with van der Waals surface area (Å²) in [4.78, 5) is 13.4. The summed E-state index contributed by atoms with van der Waals surface area (Å²) in [6.07, 6.45) is 2.99. The average Bonchev–Trinajstić information content (AvgIpc) is 2.81. The summed E-state index contributed by atoms with van der Waals surface area (Å²) in [5.74, 6) is -2.31. The van der Waals surface area contributed by atoms with E-state index in [0.29, 0.717) is 22.1 Å². The van der Waals surface area contributed by atoms with Crippen molar-refractivity contribution in [2.75, 3.05) is 38.0 Å². The highest BCUT2D eigenvalue weighted by atomic mass is 32.2. The van der Waals surface area contributed by atoms with Crippen LogP contribution in [0.4, 0.5) is 10.1 Å². The van der Waals surface area contributed by atoms with E-state index in [1.54, 1.807) is 11.6 Å². The number of nitrogens with zero attached hydrogens (tertiary/aromatic N) is 2. The van der Waals surface area contributed by atoms with Gasteiger partial charge in [-0.3, -0.25) is 4.79 Å². The quantitative estimate of drug-likeness (QED) is 0.585. The average molecular weight is 398 g/mol. The predicted octanol–water partition coefficient (Wildman–Crippen LogP) is 0.699. The number of nitrogens with one attached hydrogen (secondary N) is 2. The smallest absolute Gasteiger partial charge is 0.326 e. The molecule has 1 saturated heterocycles. The molecule has 0 spiro atoms. The number of phenols is 1. The number of rotatable bonds is 7. The zero-order valence-electron chi connectivity index (χ0n) is 15.4. The summed E-state index contributed by atoms with van der Waals surface area (Å²) in [5, 5.41) is 13.2. The van der Waals surface area contributed by atoms with E-state index in [2.05, 4.69) is 11.9 Å². The number of aromatic hydroxyl groups is 1. The fourth-order valence-corrected chi connectivity index (χ4v) is 3.75. The van der Waals surface area contributed by atoms with Gasteiger partial charge in [-0.1, -0.05) is 6.58 Å². The molecule has 148 valence electrons. The minimum absolute atomic E-state index is 0.0876. The highest BCUT2D eigenvalue weighted by Gasteiger charge is 2.38. The molecular weight excluding hydrogens is 375 g/mol. The number of hydrogen-bond donors (Lipinski definition) is 3. The Labute approximate surface area is 158 Å². The topological polar surface area (TPSA) is 102 Å². The van der Waals surface area contributed by atoms with E-state index in [1.807, 2.05) is 19.0 Å². The molecule has 3 N–H and O–H groups in total. The van der Waals surface area contributed by atoms with Gasteiger partial charge in [-0.05, 0) is 44.8 Å². The zero-order valence-corrected chi connectivity index (χ0v) is 16.2. The van der Waals surface area contributed by atoms with E-state index in [1.165, 1.54) is 18.2 Å². The first-order valence-electron chi connectivity index (χ1n) is 8.15. The van der Waals surface area contributed by atoms with E-state index in [9.17, 15) is 18.3 Å². The molecule has 0 bridgehead atoms. The van der Waals surface area contributed by atoms with Gasteiger partial charge in [-0.15, -0.1) is 0 Å². The minimum Gasteiger partial charge on any atom is -0.506 e. The largest absolute Gasteiger partial charge is 0.506 e. The Balaban J connectivity index is 2.48. The van der Waals surface area contributed by atoms with Gasteiger partial charge in [0.2, 0.25) is 0 Å². The van der Waals surface area contributed by atoms with Crippen LogP contribution in [0.15, 0.2) is 24.4 Å². The second-order valence-electron chi connectivity index (χ2n) is 6.36. The van der Waals surface area contributed by atoms with E-state index in [4.69, 9.17) is 0 Å². The van der Waals surface area contributed by atoms with E-state index in [0.717, 1.165) is 6.54 Å². The molecule has 0 aliphatic carbocycles. The molecule has 27 heavy (non-hydrogen) atoms. The molecule has 1 aliphatic rings. The van der Waals surface area contributed by atoms with Gasteiger partial charge < -0.3 is 15.3 Å². The SMILES string of the molecule is C=C/C(=C\c1c(C)cc(O)c(N2CC(=O)NS2(=O)=O)c1F)NCCN(C)C. The number of halogens is 1. The Hall–Kier alpha value is -2.59. The van der Waals surface area contributed by atoms with Crippen molar-refractivity contribution >= 4 is 27.9 Å². The van der Waals surface area contributed by atoms with Crippen molar-refractivity contribution in [1.82, 2.24) is 14.9 Å². The molecule has 10 heteroatoms. The van der Waals surface area contributed by atoms with Crippen LogP contribution >= 0.6 is 0 Å². The molecular formula is C17H23FN4O4S. The highest BCUT2D eigenvalue weighted by molar-refractivity contribution is 7.92. The maximum absolute atomic E-state index is 15.1. The third kappa shape index (κ3) is 4.58. The summed E-state index contributed by atoms with van der Waals surface area (Å²) in [6, 6.07) is 1.25. The summed E-state index contributed by atoms with van der Waals surface area (Å²) in [7, 11) is -0.415. The molecule has 0 aromatic heterocycles. The van der Waals surface area contributed by atoms with Gasteiger partial charge in [0.05, 0.1) is 0 Å². The molecule has 1 heterocycles. The van der Waals surface area contributed by atoms with Crippen LogP contribution in [0.1, 0.15) is 11.1 Å². The van der Waals surface area contributed by atoms with E-state index < -0.39 is 39.9 Å². The monoisotopic (exact) mass is 398 g/mol. The van der Waals surface area contributed by atoms with Crippen molar-refractivity contribution in [2.45, 2.75) is 6.92 Å². The molecule has 0 radical (unpaired) electrons. The fourth-order valence-electron chi connectivity index (χ4n) is 2.59. The number of carbonyl (C=O) groups excluding carboxylic acids is 1. The number of anilines is 1. The lowest BCUT2D eigenvalue weighted by Crippen LogP contribution is -2.30. The number of carbonyl (C=O) groups is 1. The molecule has 0 unspecified atom stereocenters. The molecule has 1 amide bonds. The molecule has 1 aromatic carbocycles. The Bertz CT molecular complexity index is 897. The zero-order chi connectivity index (χ0) is 20.4. The van der Waals surface area contributed by atoms with Crippen LogP contribution in [0.2, 0.25) is 0 Å². The Morgan fingerprint density at radius 1 is 1.52 bits per heavy atom. The van der Waals surface area contributed by atoms with Gasteiger partial charge >= 0.3 is 10.2 Å². The highest BCUT2D eigenvalue weighted by Crippen LogP contribution is 2.37. The third-order valence-corrected chi connectivity index (χ3v) is 5.32. The number of phenolic OH excluding ortho intramolecular Hbond substituents is 1. The molecule has 2 rings (SSSR count). The lowest BCUT2D eigenvalue weighted by Gasteiger charge is -2.19. The molecule has 1 aliphatic heterocycles. The number of likely N-dealkylation sites (N-methyl/N-ethyl adjacent to an activating group) is 1. The van der Waals surface area contributed by atoms with Crippen molar-refractivity contribution in [1.29, 1.82) is 0 Å². The maximum Gasteiger partial charge on any atom is 0.326 e. The number of hydrogen-bond acceptors (Lipinski definition) is 6. The maximum atomic E-state index is 15.1. The Morgan fingerprint density at radius 3 is 2.70 bits per heavy atom. The van der Waals surface area contributed by atoms with Crippen molar-refractivity contribution < 1.29 is 22.7 Å². The summed E-state index contributed by atoms with van der Waals surface area (Å²) < 4.78 is 41.5. The van der Waals surface area contributed by atoms with Crippen LogP contribution in [-0.2, 0) is 15.0 Å². The lowest BCUT2D eigenvalue weighted by molar-refractivity contribution is -0.117. The first-order chi connectivity index (χ1) is 12.6. The molecule has 1 fully saturated rings. The molecule has 0 saturated carbocycles. The minimum atomic E-state index is -4.25. The van der Waals surface area contributed by atoms with Gasteiger partial charge in [0.25, 0.3) is 5.91 Å². The lowest BCUT2D eigenvalue weighted by atomic mass is 10.0. The normalized spacial score (nSPS) is 16.6. The van der Waals surface area contributed by atoms with Crippen molar-refractivity contribution in [2.24, 2.45) is 0 Å². The van der Waals surface area contributed by atoms with Crippen LogP contribution in [0.3, 0.4) is 0 Å². The van der Waals surface area contributed by atoms with Gasteiger partial charge in [-0.25, -0.2) is 13.4 Å². The van der Waals surface area contributed by atoms with Gasteiger partial charge in [0, 0.05) is 24.4 Å². The van der Waals surface area contributed by atoms with Crippen molar-refractivity contribution in [3.63, 3.8) is 0 Å². The van der Waals surface area contributed by atoms with E-state index in [-0.39, 0.29) is 5.56 Å². The van der Waals surface area contributed by atoms with Crippen LogP contribution in [0, 0.1) is 12.7 Å². The molecule has 0 atom stereocenters. The van der Waals surface area contributed by atoms with Crippen LogP contribution < -0.4 is 14.3 Å². The Kier molecular flexibility index (Phi) is 6.11. The standard InChI is InChI=1S/C17H23FN4O4S/c1-5-12(19-6-7-21(3)4)9-13-11(2)8-14(23)17(16(13)18)22-10-15(24)20-27(22,25)26/h5,8-9,19,23H,1,6-7,10H2,2-4H3,(H,20,24)/b12-9+.